The molecule has 20 heavy (non-hydrogen) atoms. The van der Waals surface area contributed by atoms with Crippen LogP contribution in [0.25, 0.3) is 0 Å². The summed E-state index contributed by atoms with van der Waals surface area (Å²) in [6, 6.07) is 16.0. The molecule has 0 radical (unpaired) electrons. The molecule has 0 amide bonds. The number of rotatable bonds is 6. The zero-order chi connectivity index (χ0) is 14.4. The standard InChI is InChI=1S/C17H21NO2/c1-13-8-14(10-16(9-13)19-2)11-20-12-17(18)15-6-4-3-5-7-15/h3-10,17H,11-12,18H2,1-2H3/t17-/m1/s1. The van der Waals surface area contributed by atoms with Gasteiger partial charge in [0.2, 0.25) is 0 Å². The number of hydrogen-bond donors (Lipinski definition) is 1. The summed E-state index contributed by atoms with van der Waals surface area (Å²) < 4.78 is 11.0. The molecule has 2 aromatic carbocycles. The van der Waals surface area contributed by atoms with Gasteiger partial charge in [0.25, 0.3) is 0 Å². The van der Waals surface area contributed by atoms with Crippen LogP contribution in [0.5, 0.6) is 5.75 Å². The van der Waals surface area contributed by atoms with Crippen molar-refractivity contribution in [3.8, 4) is 5.75 Å². The third-order valence-electron chi connectivity index (χ3n) is 3.14. The van der Waals surface area contributed by atoms with Crippen molar-refractivity contribution in [2.75, 3.05) is 13.7 Å². The first-order valence-electron chi connectivity index (χ1n) is 6.72. The second kappa shape index (κ2) is 7.08. The molecule has 0 aliphatic rings. The van der Waals surface area contributed by atoms with Crippen LogP contribution >= 0.6 is 0 Å². The van der Waals surface area contributed by atoms with Gasteiger partial charge < -0.3 is 15.2 Å². The van der Waals surface area contributed by atoms with Crippen molar-refractivity contribution in [3.05, 3.63) is 65.2 Å². The van der Waals surface area contributed by atoms with Crippen molar-refractivity contribution in [1.29, 1.82) is 0 Å². The summed E-state index contributed by atoms with van der Waals surface area (Å²) >= 11 is 0. The maximum atomic E-state index is 6.10. The van der Waals surface area contributed by atoms with E-state index in [4.69, 9.17) is 15.2 Å². The average molecular weight is 271 g/mol. The van der Waals surface area contributed by atoms with Crippen LogP contribution in [-0.2, 0) is 11.3 Å². The zero-order valence-corrected chi connectivity index (χ0v) is 12.0. The summed E-state index contributed by atoms with van der Waals surface area (Å²) in [6.45, 7) is 3.08. The predicted octanol–water partition coefficient (Wildman–Crippen LogP) is 3.22. The van der Waals surface area contributed by atoms with Gasteiger partial charge in [-0.15, -0.1) is 0 Å². The van der Waals surface area contributed by atoms with Crippen LogP contribution in [-0.4, -0.2) is 13.7 Å². The molecule has 3 heteroatoms. The number of aryl methyl sites for hydroxylation is 1. The van der Waals surface area contributed by atoms with E-state index in [9.17, 15) is 0 Å². The van der Waals surface area contributed by atoms with E-state index in [1.165, 1.54) is 0 Å². The second-order valence-electron chi connectivity index (χ2n) is 4.89. The van der Waals surface area contributed by atoms with E-state index in [0.717, 1.165) is 22.4 Å². The van der Waals surface area contributed by atoms with Crippen LogP contribution in [0.3, 0.4) is 0 Å². The van der Waals surface area contributed by atoms with Gasteiger partial charge in [0.05, 0.1) is 26.4 Å². The molecular formula is C17H21NO2. The van der Waals surface area contributed by atoms with Crippen molar-refractivity contribution in [2.45, 2.75) is 19.6 Å². The van der Waals surface area contributed by atoms with E-state index in [0.29, 0.717) is 13.2 Å². The Morgan fingerprint density at radius 3 is 2.55 bits per heavy atom. The van der Waals surface area contributed by atoms with E-state index in [2.05, 4.69) is 6.07 Å². The van der Waals surface area contributed by atoms with Gasteiger partial charge in [0.1, 0.15) is 5.75 Å². The maximum absolute atomic E-state index is 6.10. The van der Waals surface area contributed by atoms with Gasteiger partial charge in [-0.2, -0.15) is 0 Å². The monoisotopic (exact) mass is 271 g/mol. The predicted molar refractivity (Wildman–Crippen MR) is 80.8 cm³/mol. The van der Waals surface area contributed by atoms with E-state index >= 15 is 0 Å². The highest BCUT2D eigenvalue weighted by Gasteiger charge is 2.06. The first-order valence-corrected chi connectivity index (χ1v) is 6.72. The van der Waals surface area contributed by atoms with Gasteiger partial charge in [-0.25, -0.2) is 0 Å². The van der Waals surface area contributed by atoms with Crippen molar-refractivity contribution in [3.63, 3.8) is 0 Å². The molecule has 2 aromatic rings. The fourth-order valence-corrected chi connectivity index (χ4v) is 2.13. The summed E-state index contributed by atoms with van der Waals surface area (Å²) in [4.78, 5) is 0. The minimum absolute atomic E-state index is 0.0945. The van der Waals surface area contributed by atoms with Crippen LogP contribution in [0, 0.1) is 6.92 Å². The number of hydrogen-bond acceptors (Lipinski definition) is 3. The van der Waals surface area contributed by atoms with E-state index in [1.807, 2.05) is 49.4 Å². The van der Waals surface area contributed by atoms with Crippen LogP contribution in [0.2, 0.25) is 0 Å². The van der Waals surface area contributed by atoms with Gasteiger partial charge in [0.15, 0.2) is 0 Å². The van der Waals surface area contributed by atoms with Gasteiger partial charge in [-0.1, -0.05) is 36.4 Å². The van der Waals surface area contributed by atoms with E-state index in [-0.39, 0.29) is 6.04 Å². The summed E-state index contributed by atoms with van der Waals surface area (Å²) in [5.41, 5.74) is 9.45. The highest BCUT2D eigenvalue weighted by molar-refractivity contribution is 5.33. The molecule has 1 atom stereocenters. The number of methoxy groups -OCH3 is 1. The molecule has 0 bridgehead atoms. The zero-order valence-electron chi connectivity index (χ0n) is 12.0. The van der Waals surface area contributed by atoms with Crippen molar-refractivity contribution in [1.82, 2.24) is 0 Å². The maximum Gasteiger partial charge on any atom is 0.119 e. The highest BCUT2D eigenvalue weighted by Crippen LogP contribution is 2.18. The highest BCUT2D eigenvalue weighted by atomic mass is 16.5. The molecule has 3 nitrogen and oxygen atoms in total. The largest absolute Gasteiger partial charge is 0.497 e. The van der Waals surface area contributed by atoms with E-state index in [1.54, 1.807) is 7.11 Å². The molecule has 106 valence electrons. The third kappa shape index (κ3) is 4.08. The molecule has 0 aliphatic carbocycles. The fourth-order valence-electron chi connectivity index (χ4n) is 2.13. The molecule has 0 saturated carbocycles. The second-order valence-corrected chi connectivity index (χ2v) is 4.89. The molecule has 0 aliphatic heterocycles. The minimum atomic E-state index is -0.0945. The van der Waals surface area contributed by atoms with Gasteiger partial charge in [-0.3, -0.25) is 0 Å². The van der Waals surface area contributed by atoms with Crippen LogP contribution < -0.4 is 10.5 Å². The number of benzene rings is 2. The van der Waals surface area contributed by atoms with Gasteiger partial charge in [0, 0.05) is 0 Å². The topological polar surface area (TPSA) is 44.5 Å². The van der Waals surface area contributed by atoms with Crippen molar-refractivity contribution < 1.29 is 9.47 Å². The molecular weight excluding hydrogens is 250 g/mol. The Kier molecular flexibility index (Phi) is 5.16. The molecule has 2 N–H and O–H groups in total. The lowest BCUT2D eigenvalue weighted by molar-refractivity contribution is 0.108. The Hall–Kier alpha value is -1.84. The summed E-state index contributed by atoms with van der Waals surface area (Å²) in [7, 11) is 1.67. The summed E-state index contributed by atoms with van der Waals surface area (Å²) in [5.74, 6) is 0.857. The van der Waals surface area contributed by atoms with Crippen molar-refractivity contribution >= 4 is 0 Å². The van der Waals surface area contributed by atoms with Gasteiger partial charge in [-0.05, 0) is 35.7 Å². The molecule has 2 rings (SSSR count). The lowest BCUT2D eigenvalue weighted by Crippen LogP contribution is -2.16. The normalized spacial score (nSPS) is 12.2. The summed E-state index contributed by atoms with van der Waals surface area (Å²) in [5, 5.41) is 0. The third-order valence-corrected chi connectivity index (χ3v) is 3.14. The van der Waals surface area contributed by atoms with Crippen LogP contribution in [0.1, 0.15) is 22.7 Å². The molecule has 0 saturated heterocycles. The summed E-state index contributed by atoms with van der Waals surface area (Å²) in [6.07, 6.45) is 0. The quantitative estimate of drug-likeness (QED) is 0.877. The SMILES string of the molecule is COc1cc(C)cc(COC[C@@H](N)c2ccccc2)c1. The fraction of sp³-hybridized carbons (Fsp3) is 0.294. The Labute approximate surface area is 120 Å². The van der Waals surface area contributed by atoms with Crippen LogP contribution in [0.4, 0.5) is 0 Å². The molecule has 0 fully saturated rings. The van der Waals surface area contributed by atoms with Crippen LogP contribution in [0.15, 0.2) is 48.5 Å². The van der Waals surface area contributed by atoms with Crippen molar-refractivity contribution in [2.24, 2.45) is 5.73 Å². The Morgan fingerprint density at radius 1 is 1.10 bits per heavy atom. The molecule has 0 spiro atoms. The number of nitrogens with two attached hydrogens (primary N) is 1. The van der Waals surface area contributed by atoms with E-state index < -0.39 is 0 Å². The molecule has 0 heterocycles. The minimum Gasteiger partial charge on any atom is -0.497 e. The van der Waals surface area contributed by atoms with Gasteiger partial charge >= 0.3 is 0 Å². The smallest absolute Gasteiger partial charge is 0.119 e. The molecule has 0 aromatic heterocycles. The lowest BCUT2D eigenvalue weighted by Gasteiger charge is -2.13. The Bertz CT molecular complexity index is 540. The average Bonchev–Trinajstić information content (AvgIpc) is 2.47. The molecule has 0 unspecified atom stereocenters. The Morgan fingerprint density at radius 2 is 1.85 bits per heavy atom. The number of ether oxygens (including phenoxy) is 2. The Balaban J connectivity index is 1.88. The first kappa shape index (κ1) is 14.6. The lowest BCUT2D eigenvalue weighted by atomic mass is 10.1. The first-order chi connectivity index (χ1) is 9.69.